The Morgan fingerprint density at radius 1 is 1.38 bits per heavy atom. The number of pyridine rings is 1. The van der Waals surface area contributed by atoms with E-state index in [1.807, 2.05) is 24.3 Å². The number of hydrogen-bond acceptors (Lipinski definition) is 5. The van der Waals surface area contributed by atoms with Crippen molar-refractivity contribution in [2.75, 3.05) is 6.54 Å². The number of nitrogens with one attached hydrogen (secondary N) is 1. The molecule has 26 heavy (non-hydrogen) atoms. The minimum atomic E-state index is -0.610. The smallest absolute Gasteiger partial charge is 0.274 e. The Kier molecular flexibility index (Phi) is 6.12. The Morgan fingerprint density at radius 2 is 2.08 bits per heavy atom. The highest BCUT2D eigenvalue weighted by molar-refractivity contribution is 5.96. The van der Waals surface area contributed by atoms with E-state index in [0.717, 1.165) is 5.56 Å². The Hall–Kier alpha value is -3.59. The topological polar surface area (TPSA) is 95.2 Å². The van der Waals surface area contributed by atoms with Gasteiger partial charge in [-0.15, -0.1) is 0 Å². The minimum Gasteiger partial charge on any atom is -0.505 e. The maximum Gasteiger partial charge on any atom is 0.274 e. The number of nitrogens with zero attached hydrogens (tertiary/aromatic N) is 2. The standard InChI is InChI=1S/C20H19N3O3/c1-13(26-16-7-5-4-6-8-16)9-10-17-14(2)15(3)23-18(19(17)24)20(25)22-12-11-21/h4-10,24H,1,12H2,2-3H3,(H,22,25)/b10-9-. The van der Waals surface area contributed by atoms with Gasteiger partial charge in [0.1, 0.15) is 18.1 Å². The summed E-state index contributed by atoms with van der Waals surface area (Å²) in [5.41, 5.74) is 1.64. The van der Waals surface area contributed by atoms with E-state index in [1.54, 1.807) is 38.1 Å². The highest BCUT2D eigenvalue weighted by atomic mass is 16.5. The molecule has 0 unspecified atom stereocenters. The number of carbonyl (C=O) groups excluding carboxylic acids is 1. The number of carbonyl (C=O) groups is 1. The van der Waals surface area contributed by atoms with Crippen molar-refractivity contribution in [2.45, 2.75) is 13.8 Å². The van der Waals surface area contributed by atoms with Gasteiger partial charge in [0.25, 0.3) is 5.91 Å². The van der Waals surface area contributed by atoms with Gasteiger partial charge in [0.15, 0.2) is 11.4 Å². The maximum absolute atomic E-state index is 12.1. The molecule has 6 nitrogen and oxygen atoms in total. The van der Waals surface area contributed by atoms with Crippen LogP contribution in [0, 0.1) is 25.2 Å². The Morgan fingerprint density at radius 3 is 2.73 bits per heavy atom. The van der Waals surface area contributed by atoms with E-state index in [0.29, 0.717) is 22.8 Å². The molecular weight excluding hydrogens is 330 g/mol. The van der Waals surface area contributed by atoms with Crippen LogP contribution in [0.15, 0.2) is 48.7 Å². The van der Waals surface area contributed by atoms with E-state index in [4.69, 9.17) is 10.00 Å². The van der Waals surface area contributed by atoms with Crippen LogP contribution in [0.2, 0.25) is 0 Å². The van der Waals surface area contributed by atoms with Crippen LogP contribution in [0.5, 0.6) is 11.5 Å². The third-order valence-corrected chi connectivity index (χ3v) is 3.68. The lowest BCUT2D eigenvalue weighted by Crippen LogP contribution is -2.25. The van der Waals surface area contributed by atoms with Crippen LogP contribution in [-0.4, -0.2) is 22.5 Å². The highest BCUT2D eigenvalue weighted by Crippen LogP contribution is 2.28. The largest absolute Gasteiger partial charge is 0.505 e. The zero-order chi connectivity index (χ0) is 19.1. The number of hydrogen-bond donors (Lipinski definition) is 2. The van der Waals surface area contributed by atoms with Crippen LogP contribution in [0.25, 0.3) is 6.08 Å². The number of amides is 1. The molecule has 1 aromatic heterocycles. The summed E-state index contributed by atoms with van der Waals surface area (Å²) in [6.45, 7) is 7.19. The monoisotopic (exact) mass is 349 g/mol. The first-order valence-corrected chi connectivity index (χ1v) is 7.89. The second kappa shape index (κ2) is 8.49. The summed E-state index contributed by atoms with van der Waals surface area (Å²) in [5.74, 6) is 0.152. The van der Waals surface area contributed by atoms with E-state index in [9.17, 15) is 9.90 Å². The summed E-state index contributed by atoms with van der Waals surface area (Å²) in [4.78, 5) is 16.2. The predicted molar refractivity (Wildman–Crippen MR) is 98.6 cm³/mol. The third kappa shape index (κ3) is 4.48. The lowest BCUT2D eigenvalue weighted by atomic mass is 10.0. The van der Waals surface area contributed by atoms with Crippen molar-refractivity contribution in [2.24, 2.45) is 0 Å². The fourth-order valence-electron chi connectivity index (χ4n) is 2.22. The molecule has 0 fully saturated rings. The van der Waals surface area contributed by atoms with Crippen LogP contribution in [0.1, 0.15) is 27.3 Å². The van der Waals surface area contributed by atoms with Crippen LogP contribution in [0.4, 0.5) is 0 Å². The number of para-hydroxylation sites is 1. The molecule has 2 N–H and O–H groups in total. The summed E-state index contributed by atoms with van der Waals surface area (Å²) >= 11 is 0. The molecule has 132 valence electrons. The van der Waals surface area contributed by atoms with Gasteiger partial charge >= 0.3 is 0 Å². The first kappa shape index (κ1) is 18.7. The molecule has 0 aliphatic rings. The molecule has 0 aliphatic carbocycles. The number of nitriles is 1. The number of benzene rings is 1. The van der Waals surface area contributed by atoms with Crippen molar-refractivity contribution in [3.05, 3.63) is 71.3 Å². The fourth-order valence-corrected chi connectivity index (χ4v) is 2.22. The molecule has 0 spiro atoms. The molecule has 1 heterocycles. The number of allylic oxidation sites excluding steroid dienone is 1. The Balaban J connectivity index is 2.28. The third-order valence-electron chi connectivity index (χ3n) is 3.68. The van der Waals surface area contributed by atoms with E-state index in [1.165, 1.54) is 0 Å². The van der Waals surface area contributed by atoms with Gasteiger partial charge in [0.2, 0.25) is 0 Å². The zero-order valence-corrected chi connectivity index (χ0v) is 14.6. The normalized spacial score (nSPS) is 10.3. The average molecular weight is 349 g/mol. The van der Waals surface area contributed by atoms with Gasteiger partial charge in [-0.2, -0.15) is 5.26 Å². The summed E-state index contributed by atoms with van der Waals surface area (Å²) in [6, 6.07) is 11.0. The highest BCUT2D eigenvalue weighted by Gasteiger charge is 2.18. The number of aryl methyl sites for hydroxylation is 1. The summed E-state index contributed by atoms with van der Waals surface area (Å²) in [6.07, 6.45) is 3.22. The second-order valence-corrected chi connectivity index (χ2v) is 5.49. The van der Waals surface area contributed by atoms with E-state index < -0.39 is 5.91 Å². The van der Waals surface area contributed by atoms with Crippen molar-refractivity contribution < 1.29 is 14.6 Å². The molecule has 2 aromatic rings. The quantitative estimate of drug-likeness (QED) is 0.474. The molecule has 0 atom stereocenters. The van der Waals surface area contributed by atoms with Crippen LogP contribution < -0.4 is 10.1 Å². The summed E-state index contributed by atoms with van der Waals surface area (Å²) in [7, 11) is 0. The van der Waals surface area contributed by atoms with Crippen LogP contribution >= 0.6 is 0 Å². The van der Waals surface area contributed by atoms with E-state index in [-0.39, 0.29) is 18.0 Å². The lowest BCUT2D eigenvalue weighted by molar-refractivity contribution is 0.0950. The van der Waals surface area contributed by atoms with Gasteiger partial charge in [-0.1, -0.05) is 24.8 Å². The van der Waals surface area contributed by atoms with Crippen molar-refractivity contribution in [3.8, 4) is 17.6 Å². The molecule has 0 bridgehead atoms. The molecule has 0 saturated carbocycles. The Labute approximate surface area is 152 Å². The van der Waals surface area contributed by atoms with Crippen molar-refractivity contribution in [1.29, 1.82) is 5.26 Å². The first-order valence-electron chi connectivity index (χ1n) is 7.89. The van der Waals surface area contributed by atoms with Gasteiger partial charge in [-0.25, -0.2) is 4.98 Å². The summed E-state index contributed by atoms with van der Waals surface area (Å²) in [5, 5.41) is 21.4. The lowest BCUT2D eigenvalue weighted by Gasteiger charge is -2.12. The fraction of sp³-hybridized carbons (Fsp3) is 0.150. The molecule has 1 aromatic carbocycles. The number of rotatable bonds is 6. The van der Waals surface area contributed by atoms with Crippen LogP contribution in [-0.2, 0) is 0 Å². The molecule has 0 radical (unpaired) electrons. The van der Waals surface area contributed by atoms with Crippen LogP contribution in [0.3, 0.4) is 0 Å². The molecule has 6 heteroatoms. The zero-order valence-electron chi connectivity index (χ0n) is 14.6. The second-order valence-electron chi connectivity index (χ2n) is 5.49. The molecular formula is C20H19N3O3. The maximum atomic E-state index is 12.1. The number of ether oxygens (including phenoxy) is 1. The summed E-state index contributed by atoms with van der Waals surface area (Å²) < 4.78 is 5.58. The van der Waals surface area contributed by atoms with E-state index >= 15 is 0 Å². The number of aromatic hydroxyl groups is 1. The Bertz CT molecular complexity index is 897. The first-order chi connectivity index (χ1) is 12.4. The van der Waals surface area contributed by atoms with Gasteiger partial charge in [-0.05, 0) is 43.7 Å². The van der Waals surface area contributed by atoms with Crippen molar-refractivity contribution in [1.82, 2.24) is 10.3 Å². The van der Waals surface area contributed by atoms with Gasteiger partial charge in [0, 0.05) is 11.3 Å². The number of aromatic nitrogens is 1. The average Bonchev–Trinajstić information content (AvgIpc) is 2.63. The van der Waals surface area contributed by atoms with Gasteiger partial charge < -0.3 is 15.2 Å². The van der Waals surface area contributed by atoms with E-state index in [2.05, 4.69) is 16.9 Å². The SMILES string of the molecule is C=C(/C=C\c1c(C)c(C)nc(C(=O)NCC#N)c1O)Oc1ccccc1. The molecule has 2 rings (SSSR count). The van der Waals surface area contributed by atoms with Gasteiger partial charge in [-0.3, -0.25) is 4.79 Å². The van der Waals surface area contributed by atoms with Gasteiger partial charge in [0.05, 0.1) is 6.07 Å². The van der Waals surface area contributed by atoms with Crippen molar-refractivity contribution in [3.63, 3.8) is 0 Å². The molecule has 0 saturated heterocycles. The van der Waals surface area contributed by atoms with Crippen molar-refractivity contribution >= 4 is 12.0 Å². The minimum absolute atomic E-state index is 0.127. The predicted octanol–water partition coefficient (Wildman–Crippen LogP) is 3.26. The molecule has 1 amide bonds. The molecule has 0 aliphatic heterocycles.